The van der Waals surface area contributed by atoms with Crippen molar-refractivity contribution in [3.63, 3.8) is 0 Å². The summed E-state index contributed by atoms with van der Waals surface area (Å²) in [5, 5.41) is 3.71. The van der Waals surface area contributed by atoms with Crippen LogP contribution < -0.4 is 25.9 Å². The molecule has 0 saturated carbocycles. The van der Waals surface area contributed by atoms with Crippen LogP contribution in [0, 0.1) is 6.92 Å². The lowest BCUT2D eigenvalue weighted by molar-refractivity contribution is 0.481. The molecule has 0 saturated heterocycles. The molecular formula is C44H28BN2O. The molecule has 0 atom stereocenters. The van der Waals surface area contributed by atoms with Crippen LogP contribution in [0.2, 0.25) is 0 Å². The number of nitrogens with zero attached hydrogens (tertiary/aromatic N) is 1. The summed E-state index contributed by atoms with van der Waals surface area (Å²) in [6.07, 6.45) is 0. The molecule has 0 aromatic heterocycles. The molecule has 1 aliphatic carbocycles. The number of hydrogen-bond donors (Lipinski definition) is 1. The molecule has 4 heteroatoms. The van der Waals surface area contributed by atoms with Gasteiger partial charge in [0, 0.05) is 16.9 Å². The Balaban J connectivity index is 1.19. The van der Waals surface area contributed by atoms with E-state index >= 15 is 0 Å². The van der Waals surface area contributed by atoms with Crippen LogP contribution in [-0.2, 0) is 5.41 Å². The molecule has 0 fully saturated rings. The first kappa shape index (κ1) is 26.1. The van der Waals surface area contributed by atoms with E-state index in [1.165, 1.54) is 72.5 Å². The van der Waals surface area contributed by atoms with Gasteiger partial charge in [-0.1, -0.05) is 121 Å². The van der Waals surface area contributed by atoms with Crippen molar-refractivity contribution in [2.24, 2.45) is 0 Å². The van der Waals surface area contributed by atoms with Crippen LogP contribution in [0.1, 0.15) is 27.8 Å². The summed E-state index contributed by atoms with van der Waals surface area (Å²) in [4.78, 5) is 2.54. The largest absolute Gasteiger partial charge is 0.453 e. The Morgan fingerprint density at radius 2 is 1.21 bits per heavy atom. The van der Waals surface area contributed by atoms with Gasteiger partial charge >= 0.3 is 0 Å². The minimum atomic E-state index is -0.420. The highest BCUT2D eigenvalue weighted by molar-refractivity contribution is 6.73. The van der Waals surface area contributed by atoms with Crippen LogP contribution in [0.4, 0.5) is 28.4 Å². The normalized spacial score (nSPS) is 14.6. The summed E-state index contributed by atoms with van der Waals surface area (Å²) in [5.41, 5.74) is 19.1. The van der Waals surface area contributed by atoms with Gasteiger partial charge in [0.15, 0.2) is 18.8 Å². The first-order chi connectivity index (χ1) is 23.7. The summed E-state index contributed by atoms with van der Waals surface area (Å²) in [6.45, 7) is 2.21. The fourth-order valence-electron chi connectivity index (χ4n) is 8.92. The molecule has 7 aromatic carbocycles. The van der Waals surface area contributed by atoms with Crippen molar-refractivity contribution >= 4 is 46.6 Å². The van der Waals surface area contributed by atoms with E-state index in [1.807, 2.05) is 24.3 Å². The molecule has 3 aliphatic heterocycles. The fourth-order valence-corrected chi connectivity index (χ4v) is 8.92. The van der Waals surface area contributed by atoms with Crippen molar-refractivity contribution in [2.75, 3.05) is 10.2 Å². The molecule has 1 radical (unpaired) electrons. The zero-order valence-corrected chi connectivity index (χ0v) is 26.3. The van der Waals surface area contributed by atoms with Gasteiger partial charge in [-0.05, 0) is 87.2 Å². The van der Waals surface area contributed by atoms with Crippen LogP contribution in [0.15, 0.2) is 146 Å². The third-order valence-corrected chi connectivity index (χ3v) is 10.7. The number of aryl methyl sites for hydroxylation is 1. The maximum Gasteiger partial charge on any atom is 0.197 e. The number of ether oxygens (including phenoxy) is 1. The zero-order valence-electron chi connectivity index (χ0n) is 26.3. The quantitative estimate of drug-likeness (QED) is 0.187. The van der Waals surface area contributed by atoms with Crippen molar-refractivity contribution in [1.82, 2.24) is 0 Å². The molecule has 11 rings (SSSR count). The van der Waals surface area contributed by atoms with Crippen LogP contribution in [-0.4, -0.2) is 7.28 Å². The van der Waals surface area contributed by atoms with Gasteiger partial charge in [0.05, 0.1) is 22.5 Å². The van der Waals surface area contributed by atoms with Gasteiger partial charge in [-0.15, -0.1) is 0 Å². The van der Waals surface area contributed by atoms with Gasteiger partial charge in [0.2, 0.25) is 0 Å². The standard InChI is InChI=1S/C44H28BN2O/c1-26-24-30(29-14-10-23-40-42(29)46-36-20-7-9-22-39(36)48-40)41-38(25-26)47-37-21-8-6-17-33(37)44(34-18-11-19-35(45-41)43(34)47)31-15-4-2-12-27(31)28-13-3-5-16-32(28)44/h2-25,46H,1H3. The molecular weight excluding hydrogens is 583 g/mol. The topological polar surface area (TPSA) is 24.5 Å². The highest BCUT2D eigenvalue weighted by Gasteiger charge is 2.52. The van der Waals surface area contributed by atoms with Crippen LogP contribution in [0.25, 0.3) is 22.3 Å². The molecule has 1 spiro atoms. The Bertz CT molecular complexity index is 2490. The first-order valence-corrected chi connectivity index (χ1v) is 16.6. The third kappa shape index (κ3) is 3.20. The Morgan fingerprint density at radius 1 is 0.562 bits per heavy atom. The van der Waals surface area contributed by atoms with Gasteiger partial charge in [0.1, 0.15) is 0 Å². The minimum Gasteiger partial charge on any atom is -0.453 e. The van der Waals surface area contributed by atoms with Crippen LogP contribution >= 0.6 is 0 Å². The van der Waals surface area contributed by atoms with E-state index in [4.69, 9.17) is 4.74 Å². The Labute approximate surface area is 280 Å². The zero-order chi connectivity index (χ0) is 31.6. The Kier molecular flexibility index (Phi) is 5.06. The molecule has 223 valence electrons. The molecule has 3 heterocycles. The van der Waals surface area contributed by atoms with Crippen LogP contribution in [0.3, 0.4) is 0 Å². The SMILES string of the molecule is Cc1cc(-c2cccc3c2Nc2ccccc2O3)c2c(c1)N1c3ccccc3C3(c4ccccc4-c4ccccc43)c3cccc(c31)[B]2. The molecule has 48 heavy (non-hydrogen) atoms. The lowest BCUT2D eigenvalue weighted by Gasteiger charge is -2.48. The highest BCUT2D eigenvalue weighted by Crippen LogP contribution is 2.63. The minimum absolute atomic E-state index is 0.420. The molecule has 1 N–H and O–H groups in total. The van der Waals surface area contributed by atoms with Crippen LogP contribution in [0.5, 0.6) is 11.5 Å². The highest BCUT2D eigenvalue weighted by atomic mass is 16.5. The lowest BCUT2D eigenvalue weighted by Crippen LogP contribution is -2.47. The van der Waals surface area contributed by atoms with Gasteiger partial charge < -0.3 is 15.0 Å². The summed E-state index contributed by atoms with van der Waals surface area (Å²) in [7, 11) is 2.41. The Hall–Kier alpha value is -6.00. The number of rotatable bonds is 1. The average molecular weight is 612 g/mol. The number of hydrogen-bond acceptors (Lipinski definition) is 3. The maximum atomic E-state index is 6.41. The predicted octanol–water partition coefficient (Wildman–Crippen LogP) is 9.63. The summed E-state index contributed by atoms with van der Waals surface area (Å²) < 4.78 is 6.41. The van der Waals surface area contributed by atoms with Crippen molar-refractivity contribution in [1.29, 1.82) is 0 Å². The molecule has 0 bridgehead atoms. The van der Waals surface area contributed by atoms with E-state index in [-0.39, 0.29) is 0 Å². The van der Waals surface area contributed by atoms with Gasteiger partial charge in [-0.25, -0.2) is 0 Å². The third-order valence-electron chi connectivity index (χ3n) is 10.7. The monoisotopic (exact) mass is 611 g/mol. The van der Waals surface area contributed by atoms with E-state index in [0.29, 0.717) is 0 Å². The summed E-state index contributed by atoms with van der Waals surface area (Å²) in [6, 6.07) is 53.1. The van der Waals surface area contributed by atoms with Crippen molar-refractivity contribution < 1.29 is 4.74 Å². The second kappa shape index (κ2) is 9.30. The van der Waals surface area contributed by atoms with E-state index in [0.717, 1.165) is 28.4 Å². The summed E-state index contributed by atoms with van der Waals surface area (Å²) in [5.74, 6) is 1.68. The second-order valence-electron chi connectivity index (χ2n) is 13.2. The molecule has 4 aliphatic rings. The van der Waals surface area contributed by atoms with Gasteiger partial charge in [-0.2, -0.15) is 0 Å². The number of benzene rings is 7. The van der Waals surface area contributed by atoms with E-state index < -0.39 is 5.41 Å². The molecule has 0 amide bonds. The van der Waals surface area contributed by atoms with Crippen molar-refractivity contribution in [3.8, 4) is 33.8 Å². The maximum absolute atomic E-state index is 6.41. The number of anilines is 5. The molecule has 3 nitrogen and oxygen atoms in total. The van der Waals surface area contributed by atoms with E-state index in [2.05, 4.69) is 146 Å². The number of para-hydroxylation sites is 5. The van der Waals surface area contributed by atoms with Gasteiger partial charge in [-0.3, -0.25) is 0 Å². The predicted molar refractivity (Wildman–Crippen MR) is 197 cm³/mol. The first-order valence-electron chi connectivity index (χ1n) is 16.6. The second-order valence-corrected chi connectivity index (χ2v) is 13.2. The van der Waals surface area contributed by atoms with Crippen molar-refractivity contribution in [2.45, 2.75) is 12.3 Å². The molecule has 7 aromatic rings. The van der Waals surface area contributed by atoms with Gasteiger partial charge in [0.25, 0.3) is 0 Å². The van der Waals surface area contributed by atoms with E-state index in [9.17, 15) is 0 Å². The van der Waals surface area contributed by atoms with E-state index in [1.54, 1.807) is 0 Å². The molecule has 0 unspecified atom stereocenters. The number of fused-ring (bicyclic) bond motifs is 13. The average Bonchev–Trinajstić information content (AvgIpc) is 3.43. The Morgan fingerprint density at radius 3 is 2.04 bits per heavy atom. The smallest absolute Gasteiger partial charge is 0.197 e. The fraction of sp³-hybridized carbons (Fsp3) is 0.0455. The van der Waals surface area contributed by atoms with Crippen molar-refractivity contribution in [3.05, 3.63) is 173 Å². The lowest BCUT2D eigenvalue weighted by atomic mass is 9.54. The summed E-state index contributed by atoms with van der Waals surface area (Å²) >= 11 is 0. The number of nitrogens with one attached hydrogen (secondary N) is 1.